The van der Waals surface area contributed by atoms with Crippen molar-refractivity contribution in [2.24, 2.45) is 5.92 Å². The number of hydrogen-bond acceptors (Lipinski definition) is 3. The predicted octanol–water partition coefficient (Wildman–Crippen LogP) is 2.58. The molecule has 0 atom stereocenters. The minimum atomic E-state index is 0.816. The molecule has 104 valence electrons. The zero-order valence-corrected chi connectivity index (χ0v) is 11.8. The lowest BCUT2D eigenvalue weighted by atomic mass is 10.2. The van der Waals surface area contributed by atoms with Crippen molar-refractivity contribution in [2.75, 3.05) is 37.7 Å². The molecule has 1 heterocycles. The van der Waals surface area contributed by atoms with Crippen molar-refractivity contribution in [2.45, 2.75) is 26.2 Å². The third-order valence-electron chi connectivity index (χ3n) is 4.04. The van der Waals surface area contributed by atoms with Gasteiger partial charge in [0.25, 0.3) is 0 Å². The highest BCUT2D eigenvalue weighted by molar-refractivity contribution is 5.53. The van der Waals surface area contributed by atoms with Crippen LogP contribution in [0.4, 0.5) is 5.69 Å². The van der Waals surface area contributed by atoms with Crippen LogP contribution in [0.15, 0.2) is 18.2 Å². The average molecular weight is 260 g/mol. The molecular formula is C16H24N2O. The molecule has 1 aromatic rings. The Morgan fingerprint density at radius 1 is 1.26 bits per heavy atom. The normalized spacial score (nSPS) is 20.2. The van der Waals surface area contributed by atoms with Gasteiger partial charge >= 0.3 is 0 Å². The first-order chi connectivity index (χ1) is 9.33. The average Bonchev–Trinajstić information content (AvgIpc) is 3.24. The van der Waals surface area contributed by atoms with Gasteiger partial charge in [0.05, 0.1) is 6.61 Å². The molecular weight excluding hydrogens is 236 g/mol. The first-order valence-electron chi connectivity index (χ1n) is 7.52. The highest BCUT2D eigenvalue weighted by Gasteiger charge is 2.22. The second-order valence-corrected chi connectivity index (χ2v) is 5.79. The minimum Gasteiger partial charge on any atom is -0.493 e. The standard InChI is InChI=1S/C16H24N2O/c1-13-11-15(18-9-2-7-17-8-10-18)5-6-16(13)19-12-14-3-4-14/h5-6,11,14,17H,2-4,7-10,12H2,1H3. The van der Waals surface area contributed by atoms with Crippen LogP contribution in [-0.2, 0) is 0 Å². The molecule has 1 aliphatic carbocycles. The van der Waals surface area contributed by atoms with Crippen molar-refractivity contribution in [1.82, 2.24) is 5.32 Å². The summed E-state index contributed by atoms with van der Waals surface area (Å²) >= 11 is 0. The topological polar surface area (TPSA) is 24.5 Å². The number of nitrogens with zero attached hydrogens (tertiary/aromatic N) is 1. The lowest BCUT2D eigenvalue weighted by molar-refractivity contribution is 0.298. The summed E-state index contributed by atoms with van der Waals surface area (Å²) in [6, 6.07) is 6.62. The SMILES string of the molecule is Cc1cc(N2CCCNCC2)ccc1OCC1CC1. The molecule has 0 spiro atoms. The van der Waals surface area contributed by atoms with Gasteiger partial charge in [-0.05, 0) is 62.4 Å². The summed E-state index contributed by atoms with van der Waals surface area (Å²) in [5.41, 5.74) is 2.59. The van der Waals surface area contributed by atoms with E-state index >= 15 is 0 Å². The van der Waals surface area contributed by atoms with Crippen LogP contribution in [0.3, 0.4) is 0 Å². The van der Waals surface area contributed by atoms with Crippen molar-refractivity contribution in [3.05, 3.63) is 23.8 Å². The molecule has 0 bridgehead atoms. The maximum absolute atomic E-state index is 5.90. The molecule has 19 heavy (non-hydrogen) atoms. The third kappa shape index (κ3) is 3.41. The molecule has 3 heteroatoms. The molecule has 0 unspecified atom stereocenters. The fourth-order valence-corrected chi connectivity index (χ4v) is 2.59. The second-order valence-electron chi connectivity index (χ2n) is 5.79. The van der Waals surface area contributed by atoms with Gasteiger partial charge in [0, 0.05) is 25.3 Å². The fraction of sp³-hybridized carbons (Fsp3) is 0.625. The zero-order chi connectivity index (χ0) is 13.1. The molecule has 2 fully saturated rings. The Balaban J connectivity index is 1.66. The summed E-state index contributed by atoms with van der Waals surface area (Å²) in [6.07, 6.45) is 3.91. The van der Waals surface area contributed by atoms with Crippen molar-refractivity contribution in [3.8, 4) is 5.75 Å². The van der Waals surface area contributed by atoms with Crippen molar-refractivity contribution in [1.29, 1.82) is 0 Å². The van der Waals surface area contributed by atoms with Gasteiger partial charge in [-0.25, -0.2) is 0 Å². The summed E-state index contributed by atoms with van der Waals surface area (Å²) in [6.45, 7) is 7.52. The van der Waals surface area contributed by atoms with E-state index in [9.17, 15) is 0 Å². The van der Waals surface area contributed by atoms with Gasteiger partial charge in [-0.15, -0.1) is 0 Å². The smallest absolute Gasteiger partial charge is 0.122 e. The van der Waals surface area contributed by atoms with Crippen LogP contribution in [0.25, 0.3) is 0 Å². The highest BCUT2D eigenvalue weighted by atomic mass is 16.5. The first kappa shape index (κ1) is 12.8. The number of aryl methyl sites for hydroxylation is 1. The van der Waals surface area contributed by atoms with E-state index in [1.807, 2.05) is 0 Å². The van der Waals surface area contributed by atoms with Crippen LogP contribution in [-0.4, -0.2) is 32.8 Å². The predicted molar refractivity (Wildman–Crippen MR) is 79.1 cm³/mol. The molecule has 0 amide bonds. The van der Waals surface area contributed by atoms with Crippen LogP contribution in [0.1, 0.15) is 24.8 Å². The van der Waals surface area contributed by atoms with Gasteiger partial charge in [-0.3, -0.25) is 0 Å². The zero-order valence-electron chi connectivity index (χ0n) is 11.8. The van der Waals surface area contributed by atoms with E-state index < -0.39 is 0 Å². The van der Waals surface area contributed by atoms with Gasteiger partial charge in [-0.2, -0.15) is 0 Å². The summed E-state index contributed by atoms with van der Waals surface area (Å²) in [5.74, 6) is 1.87. The molecule has 3 rings (SSSR count). The molecule has 0 radical (unpaired) electrons. The lowest BCUT2D eigenvalue weighted by Gasteiger charge is -2.23. The summed E-state index contributed by atoms with van der Waals surface area (Å²) in [5, 5.41) is 3.45. The lowest BCUT2D eigenvalue weighted by Crippen LogP contribution is -2.27. The number of anilines is 1. The molecule has 0 aromatic heterocycles. The number of nitrogens with one attached hydrogen (secondary N) is 1. The van der Waals surface area contributed by atoms with Gasteiger partial charge in [0.15, 0.2) is 0 Å². The quantitative estimate of drug-likeness (QED) is 0.900. The Hall–Kier alpha value is -1.22. The molecule has 3 nitrogen and oxygen atoms in total. The van der Waals surface area contributed by atoms with E-state index in [4.69, 9.17) is 4.74 Å². The molecule has 1 saturated heterocycles. The van der Waals surface area contributed by atoms with E-state index in [1.165, 1.54) is 30.5 Å². The summed E-state index contributed by atoms with van der Waals surface area (Å²) in [4.78, 5) is 2.47. The van der Waals surface area contributed by atoms with E-state index in [0.29, 0.717) is 0 Å². The molecule has 2 aliphatic rings. The van der Waals surface area contributed by atoms with E-state index in [1.54, 1.807) is 0 Å². The number of rotatable bonds is 4. The van der Waals surface area contributed by atoms with E-state index in [-0.39, 0.29) is 0 Å². The Labute approximate surface area is 115 Å². The maximum atomic E-state index is 5.90. The minimum absolute atomic E-state index is 0.816. The van der Waals surface area contributed by atoms with Gasteiger partial charge < -0.3 is 15.0 Å². The largest absolute Gasteiger partial charge is 0.493 e. The first-order valence-corrected chi connectivity index (χ1v) is 7.52. The molecule has 1 aliphatic heterocycles. The summed E-state index contributed by atoms with van der Waals surface area (Å²) < 4.78 is 5.90. The van der Waals surface area contributed by atoms with Gasteiger partial charge in [0.1, 0.15) is 5.75 Å². The van der Waals surface area contributed by atoms with E-state index in [0.717, 1.165) is 44.5 Å². The highest BCUT2D eigenvalue weighted by Crippen LogP contribution is 2.31. The molecule has 1 aromatic carbocycles. The monoisotopic (exact) mass is 260 g/mol. The number of ether oxygens (including phenoxy) is 1. The Kier molecular flexibility index (Phi) is 3.92. The second kappa shape index (κ2) is 5.83. The fourth-order valence-electron chi connectivity index (χ4n) is 2.59. The van der Waals surface area contributed by atoms with Gasteiger partial charge in [0.2, 0.25) is 0 Å². The van der Waals surface area contributed by atoms with Crippen LogP contribution in [0.2, 0.25) is 0 Å². The number of benzene rings is 1. The van der Waals surface area contributed by atoms with Crippen LogP contribution in [0, 0.1) is 12.8 Å². The van der Waals surface area contributed by atoms with Crippen LogP contribution >= 0.6 is 0 Å². The third-order valence-corrected chi connectivity index (χ3v) is 4.04. The van der Waals surface area contributed by atoms with Crippen LogP contribution in [0.5, 0.6) is 5.75 Å². The van der Waals surface area contributed by atoms with Crippen LogP contribution < -0.4 is 15.0 Å². The molecule has 1 N–H and O–H groups in total. The molecule has 1 saturated carbocycles. The number of hydrogen-bond donors (Lipinski definition) is 1. The maximum Gasteiger partial charge on any atom is 0.122 e. The van der Waals surface area contributed by atoms with Crippen molar-refractivity contribution < 1.29 is 4.74 Å². The van der Waals surface area contributed by atoms with E-state index in [2.05, 4.69) is 35.3 Å². The van der Waals surface area contributed by atoms with Crippen molar-refractivity contribution >= 4 is 5.69 Å². The summed E-state index contributed by atoms with van der Waals surface area (Å²) in [7, 11) is 0. The Bertz CT molecular complexity index is 421. The Morgan fingerprint density at radius 3 is 2.95 bits per heavy atom. The van der Waals surface area contributed by atoms with Crippen molar-refractivity contribution in [3.63, 3.8) is 0 Å². The Morgan fingerprint density at radius 2 is 2.16 bits per heavy atom. The van der Waals surface area contributed by atoms with Gasteiger partial charge in [-0.1, -0.05) is 0 Å².